The van der Waals surface area contributed by atoms with E-state index < -0.39 is 0 Å². The van der Waals surface area contributed by atoms with Gasteiger partial charge in [0.05, 0.1) is 0 Å². The van der Waals surface area contributed by atoms with Gasteiger partial charge in [0.25, 0.3) is 11.8 Å². The molecule has 2 aromatic rings. The summed E-state index contributed by atoms with van der Waals surface area (Å²) in [6, 6.07) is 14.3. The van der Waals surface area contributed by atoms with Gasteiger partial charge in [0, 0.05) is 17.8 Å². The van der Waals surface area contributed by atoms with E-state index in [1.807, 2.05) is 32.0 Å². The van der Waals surface area contributed by atoms with Crippen LogP contribution in [0.25, 0.3) is 0 Å². The molecule has 0 bridgehead atoms. The Morgan fingerprint density at radius 2 is 1.87 bits per heavy atom. The lowest BCUT2D eigenvalue weighted by molar-refractivity contribution is -0.118. The summed E-state index contributed by atoms with van der Waals surface area (Å²) in [6.07, 6.45) is 0. The normalized spacial score (nSPS) is 10.0. The Kier molecular flexibility index (Phi) is 5.74. The fourth-order valence-corrected chi connectivity index (χ4v) is 2.05. The van der Waals surface area contributed by atoms with Crippen LogP contribution in [0.15, 0.2) is 48.5 Å². The van der Waals surface area contributed by atoms with E-state index in [9.17, 15) is 9.59 Å². The molecular weight excluding hydrogens is 292 g/mol. The molecule has 0 heterocycles. The predicted molar refractivity (Wildman–Crippen MR) is 89.8 cm³/mol. The highest BCUT2D eigenvalue weighted by Crippen LogP contribution is 2.13. The molecule has 0 unspecified atom stereocenters. The number of rotatable bonds is 6. The first-order valence-electron chi connectivity index (χ1n) is 7.46. The number of carbonyl (C=O) groups excluding carboxylic acids is 2. The molecular formula is C18H20N2O3. The Hall–Kier alpha value is -2.82. The summed E-state index contributed by atoms with van der Waals surface area (Å²) < 4.78 is 5.45. The summed E-state index contributed by atoms with van der Waals surface area (Å²) in [5.74, 6) is 0.204. The smallest absolute Gasteiger partial charge is 0.262 e. The van der Waals surface area contributed by atoms with E-state index in [1.54, 1.807) is 30.3 Å². The lowest BCUT2D eigenvalue weighted by atomic mass is 10.2. The summed E-state index contributed by atoms with van der Waals surface area (Å²) in [7, 11) is 0. The van der Waals surface area contributed by atoms with E-state index in [0.717, 1.165) is 5.56 Å². The molecule has 23 heavy (non-hydrogen) atoms. The van der Waals surface area contributed by atoms with E-state index in [2.05, 4.69) is 10.6 Å². The second kappa shape index (κ2) is 7.98. The van der Waals surface area contributed by atoms with Crippen molar-refractivity contribution in [3.8, 4) is 5.75 Å². The van der Waals surface area contributed by atoms with Crippen LogP contribution in [0.5, 0.6) is 5.75 Å². The zero-order chi connectivity index (χ0) is 16.7. The van der Waals surface area contributed by atoms with Gasteiger partial charge in [-0.3, -0.25) is 9.59 Å². The van der Waals surface area contributed by atoms with Crippen LogP contribution in [-0.4, -0.2) is 25.0 Å². The van der Waals surface area contributed by atoms with Gasteiger partial charge < -0.3 is 15.4 Å². The lowest BCUT2D eigenvalue weighted by Crippen LogP contribution is -2.23. The van der Waals surface area contributed by atoms with Crippen LogP contribution in [0.3, 0.4) is 0 Å². The molecule has 2 amide bonds. The van der Waals surface area contributed by atoms with Crippen LogP contribution < -0.4 is 15.4 Å². The van der Waals surface area contributed by atoms with Crippen molar-refractivity contribution in [3.63, 3.8) is 0 Å². The molecule has 120 valence electrons. The third kappa shape index (κ3) is 5.14. The molecule has 0 radical (unpaired) electrons. The minimum Gasteiger partial charge on any atom is -0.484 e. The van der Waals surface area contributed by atoms with Crippen molar-refractivity contribution in [1.29, 1.82) is 0 Å². The van der Waals surface area contributed by atoms with Crippen molar-refractivity contribution in [1.82, 2.24) is 5.32 Å². The summed E-state index contributed by atoms with van der Waals surface area (Å²) >= 11 is 0. The average molecular weight is 312 g/mol. The third-order valence-corrected chi connectivity index (χ3v) is 3.11. The number of hydrogen-bond acceptors (Lipinski definition) is 3. The minimum absolute atomic E-state index is 0.0885. The van der Waals surface area contributed by atoms with Gasteiger partial charge in [0.2, 0.25) is 0 Å². The number of carbonyl (C=O) groups is 2. The maximum Gasteiger partial charge on any atom is 0.262 e. The van der Waals surface area contributed by atoms with Crippen molar-refractivity contribution in [2.75, 3.05) is 18.5 Å². The summed E-state index contributed by atoms with van der Waals surface area (Å²) in [4.78, 5) is 23.7. The Labute approximate surface area is 135 Å². The number of amides is 2. The van der Waals surface area contributed by atoms with Gasteiger partial charge in [0.1, 0.15) is 5.75 Å². The van der Waals surface area contributed by atoms with Crippen molar-refractivity contribution in [2.45, 2.75) is 13.8 Å². The molecule has 0 fully saturated rings. The SMILES string of the molecule is CCNC(=O)c1cccc(NC(=O)COc2cccc(C)c2)c1. The van der Waals surface area contributed by atoms with E-state index in [-0.39, 0.29) is 18.4 Å². The van der Waals surface area contributed by atoms with Crippen molar-refractivity contribution in [2.24, 2.45) is 0 Å². The number of hydrogen-bond donors (Lipinski definition) is 2. The van der Waals surface area contributed by atoms with Gasteiger partial charge in [-0.05, 0) is 49.7 Å². The molecule has 2 N–H and O–H groups in total. The Balaban J connectivity index is 1.92. The average Bonchev–Trinajstić information content (AvgIpc) is 2.53. The third-order valence-electron chi connectivity index (χ3n) is 3.11. The van der Waals surface area contributed by atoms with Crippen LogP contribution in [0.1, 0.15) is 22.8 Å². The first kappa shape index (κ1) is 16.5. The first-order valence-corrected chi connectivity index (χ1v) is 7.46. The van der Waals surface area contributed by atoms with Crippen LogP contribution >= 0.6 is 0 Å². The molecule has 0 saturated heterocycles. The summed E-state index contributed by atoms with van der Waals surface area (Å²) in [5, 5.41) is 5.44. The quantitative estimate of drug-likeness (QED) is 0.862. The van der Waals surface area contributed by atoms with Gasteiger partial charge in [-0.25, -0.2) is 0 Å². The molecule has 0 aromatic heterocycles. The zero-order valence-electron chi connectivity index (χ0n) is 13.3. The number of aryl methyl sites for hydroxylation is 1. The van der Waals surface area contributed by atoms with Gasteiger partial charge in [0.15, 0.2) is 6.61 Å². The number of nitrogens with one attached hydrogen (secondary N) is 2. The van der Waals surface area contributed by atoms with Gasteiger partial charge in [-0.15, -0.1) is 0 Å². The fourth-order valence-electron chi connectivity index (χ4n) is 2.05. The van der Waals surface area contributed by atoms with Gasteiger partial charge in [-0.1, -0.05) is 18.2 Å². The van der Waals surface area contributed by atoms with Crippen LogP contribution in [-0.2, 0) is 4.79 Å². The highest BCUT2D eigenvalue weighted by Gasteiger charge is 2.07. The van der Waals surface area contributed by atoms with Crippen LogP contribution in [0.4, 0.5) is 5.69 Å². The largest absolute Gasteiger partial charge is 0.484 e. The first-order chi connectivity index (χ1) is 11.1. The molecule has 0 aliphatic rings. The molecule has 0 atom stereocenters. The highest BCUT2D eigenvalue weighted by molar-refractivity contribution is 5.97. The fraction of sp³-hybridized carbons (Fsp3) is 0.222. The summed E-state index contributed by atoms with van der Waals surface area (Å²) in [6.45, 7) is 4.28. The molecule has 0 saturated carbocycles. The lowest BCUT2D eigenvalue weighted by Gasteiger charge is -2.09. The van der Waals surface area contributed by atoms with Gasteiger partial charge in [-0.2, -0.15) is 0 Å². The van der Waals surface area contributed by atoms with E-state index in [4.69, 9.17) is 4.74 Å². The van der Waals surface area contributed by atoms with Gasteiger partial charge >= 0.3 is 0 Å². The molecule has 0 spiro atoms. The van der Waals surface area contributed by atoms with Crippen LogP contribution in [0, 0.1) is 6.92 Å². The number of benzene rings is 2. The van der Waals surface area contributed by atoms with Crippen LogP contribution in [0.2, 0.25) is 0 Å². The molecule has 2 rings (SSSR count). The number of ether oxygens (including phenoxy) is 1. The Bertz CT molecular complexity index is 698. The predicted octanol–water partition coefficient (Wildman–Crippen LogP) is 2.76. The molecule has 5 heteroatoms. The highest BCUT2D eigenvalue weighted by atomic mass is 16.5. The van der Waals surface area contributed by atoms with E-state index >= 15 is 0 Å². The van der Waals surface area contributed by atoms with Crippen molar-refractivity contribution < 1.29 is 14.3 Å². The number of anilines is 1. The standard InChI is InChI=1S/C18H20N2O3/c1-3-19-18(22)14-7-5-8-15(11-14)20-17(21)12-23-16-9-4-6-13(2)10-16/h4-11H,3,12H2,1-2H3,(H,19,22)(H,20,21). The minimum atomic E-state index is -0.278. The van der Waals surface area contributed by atoms with E-state index in [0.29, 0.717) is 23.5 Å². The maximum absolute atomic E-state index is 11.9. The molecule has 0 aliphatic carbocycles. The zero-order valence-corrected chi connectivity index (χ0v) is 13.3. The Morgan fingerprint density at radius 1 is 1.09 bits per heavy atom. The van der Waals surface area contributed by atoms with Crippen molar-refractivity contribution >= 4 is 17.5 Å². The van der Waals surface area contributed by atoms with Crippen molar-refractivity contribution in [3.05, 3.63) is 59.7 Å². The molecule has 2 aromatic carbocycles. The topological polar surface area (TPSA) is 67.4 Å². The summed E-state index contributed by atoms with van der Waals surface area (Å²) in [5.41, 5.74) is 2.13. The second-order valence-electron chi connectivity index (χ2n) is 5.09. The monoisotopic (exact) mass is 312 g/mol. The molecule has 0 aliphatic heterocycles. The molecule has 5 nitrogen and oxygen atoms in total. The maximum atomic E-state index is 11.9. The van der Waals surface area contributed by atoms with E-state index in [1.165, 1.54) is 0 Å². The Morgan fingerprint density at radius 3 is 2.61 bits per heavy atom. The second-order valence-corrected chi connectivity index (χ2v) is 5.09.